The molecule has 5 heteroatoms. The fourth-order valence-corrected chi connectivity index (χ4v) is 2.75. The van der Waals surface area contributed by atoms with E-state index in [1.165, 1.54) is 10.5 Å². The van der Waals surface area contributed by atoms with E-state index in [2.05, 4.69) is 6.92 Å². The van der Waals surface area contributed by atoms with Crippen LogP contribution in [0, 0.1) is 0 Å². The van der Waals surface area contributed by atoms with Gasteiger partial charge >= 0.3 is 12.1 Å². The molecule has 2 rings (SSSR count). The molecular weight excluding hydrogens is 306 g/mol. The molecule has 5 nitrogen and oxygen atoms in total. The van der Waals surface area contributed by atoms with Crippen LogP contribution in [0.3, 0.4) is 0 Å². The zero-order valence-corrected chi connectivity index (χ0v) is 15.0. The summed E-state index contributed by atoms with van der Waals surface area (Å²) < 4.78 is 10.8. The molecule has 1 aliphatic rings. The maximum Gasteiger partial charge on any atom is 0.411 e. The Bertz CT molecular complexity index is 574. The highest BCUT2D eigenvalue weighted by Crippen LogP contribution is 2.23. The number of ether oxygens (including phenoxy) is 2. The molecule has 1 fully saturated rings. The Kier molecular flexibility index (Phi) is 5.86. The Labute approximate surface area is 143 Å². The summed E-state index contributed by atoms with van der Waals surface area (Å²) in [7, 11) is 0. The normalized spacial score (nSPS) is 17.7. The van der Waals surface area contributed by atoms with E-state index in [0.717, 1.165) is 19.3 Å². The van der Waals surface area contributed by atoms with E-state index < -0.39 is 23.7 Å². The fraction of sp³-hybridized carbons (Fsp3) is 0.579. The number of hydrogen-bond acceptors (Lipinski definition) is 4. The number of esters is 1. The summed E-state index contributed by atoms with van der Waals surface area (Å²) in [6.07, 6.45) is 3.00. The molecule has 0 N–H and O–H groups in total. The average Bonchev–Trinajstić information content (AvgIpc) is 2.97. The molecule has 1 saturated heterocycles. The molecule has 1 aromatic carbocycles. The zero-order chi connectivity index (χ0) is 17.7. The first-order valence-electron chi connectivity index (χ1n) is 8.60. The molecule has 132 valence electrons. The first-order valence-corrected chi connectivity index (χ1v) is 8.60. The molecule has 0 saturated carbocycles. The van der Waals surface area contributed by atoms with Crippen LogP contribution >= 0.6 is 0 Å². The lowest BCUT2D eigenvalue weighted by Crippen LogP contribution is -2.44. The molecule has 24 heavy (non-hydrogen) atoms. The number of carbonyl (C=O) groups excluding carboxylic acids is 2. The summed E-state index contributed by atoms with van der Waals surface area (Å²) in [5.74, 6) is 0.109. The molecule has 1 atom stereocenters. The number of benzene rings is 1. The molecule has 0 aromatic heterocycles. The van der Waals surface area contributed by atoms with Gasteiger partial charge in [-0.3, -0.25) is 4.90 Å². The van der Waals surface area contributed by atoms with Gasteiger partial charge < -0.3 is 9.47 Å². The van der Waals surface area contributed by atoms with Crippen molar-refractivity contribution in [3.63, 3.8) is 0 Å². The van der Waals surface area contributed by atoms with Gasteiger partial charge in [0, 0.05) is 6.54 Å². The lowest BCUT2D eigenvalue weighted by atomic mass is 10.1. The summed E-state index contributed by atoms with van der Waals surface area (Å²) in [5.41, 5.74) is 0.636. The van der Waals surface area contributed by atoms with E-state index >= 15 is 0 Å². The smallest absolute Gasteiger partial charge is 0.411 e. The molecule has 1 amide bonds. The predicted molar refractivity (Wildman–Crippen MR) is 92.0 cm³/mol. The SMILES string of the molecule is CCCc1ccc(OC(=O)C2CCCN2C(=O)OC(C)(C)C)cc1. The van der Waals surface area contributed by atoms with Crippen LogP contribution < -0.4 is 4.74 Å². The third kappa shape index (κ3) is 4.98. The van der Waals surface area contributed by atoms with Crippen LogP contribution in [0.4, 0.5) is 4.79 Å². The Balaban J connectivity index is 1.98. The van der Waals surface area contributed by atoms with Crippen LogP contribution in [0.5, 0.6) is 5.75 Å². The van der Waals surface area contributed by atoms with Gasteiger partial charge in [-0.05, 0) is 57.7 Å². The van der Waals surface area contributed by atoms with Crippen molar-refractivity contribution in [2.45, 2.75) is 65.0 Å². The summed E-state index contributed by atoms with van der Waals surface area (Å²) in [4.78, 5) is 26.1. The zero-order valence-electron chi connectivity index (χ0n) is 15.0. The topological polar surface area (TPSA) is 55.8 Å². The minimum atomic E-state index is -0.580. The molecule has 1 heterocycles. The molecular formula is C19H27NO4. The maximum absolute atomic E-state index is 12.4. The van der Waals surface area contributed by atoms with E-state index in [1.807, 2.05) is 32.9 Å². The molecule has 1 unspecified atom stereocenters. The van der Waals surface area contributed by atoms with Gasteiger partial charge in [0.1, 0.15) is 17.4 Å². The number of nitrogens with zero attached hydrogens (tertiary/aromatic N) is 1. The van der Waals surface area contributed by atoms with Crippen LogP contribution in [0.15, 0.2) is 24.3 Å². The number of carbonyl (C=O) groups is 2. The predicted octanol–water partition coefficient (Wildman–Crippen LogP) is 3.94. The Morgan fingerprint density at radius 3 is 2.46 bits per heavy atom. The number of hydrogen-bond donors (Lipinski definition) is 0. The fourth-order valence-electron chi connectivity index (χ4n) is 2.75. The second kappa shape index (κ2) is 7.69. The monoisotopic (exact) mass is 333 g/mol. The highest BCUT2D eigenvalue weighted by atomic mass is 16.6. The van der Waals surface area contributed by atoms with Crippen molar-refractivity contribution in [2.75, 3.05) is 6.54 Å². The van der Waals surface area contributed by atoms with Gasteiger partial charge in [-0.2, -0.15) is 0 Å². The minimum absolute atomic E-state index is 0.401. The van der Waals surface area contributed by atoms with Gasteiger partial charge in [-0.25, -0.2) is 9.59 Å². The molecule has 1 aromatic rings. The third-order valence-corrected chi connectivity index (χ3v) is 3.83. The number of amides is 1. The van der Waals surface area contributed by atoms with E-state index in [0.29, 0.717) is 18.7 Å². The summed E-state index contributed by atoms with van der Waals surface area (Å²) in [5, 5.41) is 0. The van der Waals surface area contributed by atoms with Crippen LogP contribution in [0.1, 0.15) is 52.5 Å². The summed E-state index contributed by atoms with van der Waals surface area (Å²) in [6, 6.07) is 6.96. The van der Waals surface area contributed by atoms with E-state index in [-0.39, 0.29) is 0 Å². The Morgan fingerprint density at radius 2 is 1.88 bits per heavy atom. The van der Waals surface area contributed by atoms with Gasteiger partial charge in [0.15, 0.2) is 0 Å². The largest absolute Gasteiger partial charge is 0.444 e. The average molecular weight is 333 g/mol. The van der Waals surface area contributed by atoms with Gasteiger partial charge in [-0.1, -0.05) is 25.5 Å². The summed E-state index contributed by atoms with van der Waals surface area (Å²) >= 11 is 0. The highest BCUT2D eigenvalue weighted by Gasteiger charge is 2.37. The Hall–Kier alpha value is -2.04. The van der Waals surface area contributed by atoms with Crippen molar-refractivity contribution in [1.29, 1.82) is 0 Å². The Morgan fingerprint density at radius 1 is 1.21 bits per heavy atom. The third-order valence-electron chi connectivity index (χ3n) is 3.83. The van der Waals surface area contributed by atoms with Crippen LogP contribution in [-0.2, 0) is 16.0 Å². The molecule has 0 aliphatic carbocycles. The molecule has 1 aliphatic heterocycles. The van der Waals surface area contributed by atoms with Crippen LogP contribution in [0.25, 0.3) is 0 Å². The quantitative estimate of drug-likeness (QED) is 0.618. The summed E-state index contributed by atoms with van der Waals surface area (Å²) in [6.45, 7) is 8.08. The van der Waals surface area contributed by atoms with Gasteiger partial charge in [-0.15, -0.1) is 0 Å². The first-order chi connectivity index (χ1) is 11.3. The lowest BCUT2D eigenvalue weighted by molar-refractivity contribution is -0.139. The molecule has 0 radical (unpaired) electrons. The van der Waals surface area contributed by atoms with Crippen molar-refractivity contribution >= 4 is 12.1 Å². The van der Waals surface area contributed by atoms with E-state index in [9.17, 15) is 9.59 Å². The van der Waals surface area contributed by atoms with Crippen LogP contribution in [-0.4, -0.2) is 35.2 Å². The van der Waals surface area contributed by atoms with E-state index in [1.54, 1.807) is 12.1 Å². The second-order valence-corrected chi connectivity index (χ2v) is 7.15. The minimum Gasteiger partial charge on any atom is -0.444 e. The lowest BCUT2D eigenvalue weighted by Gasteiger charge is -2.27. The highest BCUT2D eigenvalue weighted by molar-refractivity contribution is 5.83. The van der Waals surface area contributed by atoms with Gasteiger partial charge in [0.2, 0.25) is 0 Å². The number of likely N-dealkylation sites (tertiary alicyclic amines) is 1. The molecule has 0 spiro atoms. The standard InChI is InChI=1S/C19H27NO4/c1-5-7-14-9-11-15(12-10-14)23-17(21)16-8-6-13-20(16)18(22)24-19(2,3)4/h9-12,16H,5-8,13H2,1-4H3. The van der Waals surface area contributed by atoms with Gasteiger partial charge in [0.25, 0.3) is 0 Å². The first kappa shape index (κ1) is 18.3. The van der Waals surface area contributed by atoms with Crippen molar-refractivity contribution in [3.05, 3.63) is 29.8 Å². The maximum atomic E-state index is 12.4. The number of aryl methyl sites for hydroxylation is 1. The van der Waals surface area contributed by atoms with Crippen LogP contribution in [0.2, 0.25) is 0 Å². The van der Waals surface area contributed by atoms with Crippen molar-refractivity contribution < 1.29 is 19.1 Å². The molecule has 0 bridgehead atoms. The second-order valence-electron chi connectivity index (χ2n) is 7.15. The van der Waals surface area contributed by atoms with E-state index in [4.69, 9.17) is 9.47 Å². The van der Waals surface area contributed by atoms with Crippen molar-refractivity contribution in [2.24, 2.45) is 0 Å². The number of rotatable bonds is 4. The van der Waals surface area contributed by atoms with Crippen molar-refractivity contribution in [1.82, 2.24) is 4.90 Å². The van der Waals surface area contributed by atoms with Crippen molar-refractivity contribution in [3.8, 4) is 5.75 Å². The van der Waals surface area contributed by atoms with Gasteiger partial charge in [0.05, 0.1) is 0 Å².